The van der Waals surface area contributed by atoms with Gasteiger partial charge in [0.25, 0.3) is 5.91 Å². The average molecular weight is 297 g/mol. The molecule has 1 saturated carbocycles. The van der Waals surface area contributed by atoms with Crippen LogP contribution in [0.5, 0.6) is 0 Å². The van der Waals surface area contributed by atoms with E-state index in [2.05, 4.69) is 16.1 Å². The first kappa shape index (κ1) is 12.6. The van der Waals surface area contributed by atoms with Crippen LogP contribution in [0.15, 0.2) is 30.3 Å². The van der Waals surface area contributed by atoms with Gasteiger partial charge >= 0.3 is 0 Å². The van der Waals surface area contributed by atoms with Crippen molar-refractivity contribution in [2.45, 2.75) is 37.8 Å². The standard InChI is InChI=1S/C13H17BrN2O/c14-16(12-9-5-4-8-11(12)15)13(17)10-6-2-1-3-7-10/h1-3,6-7,11-12H,4-5,8-9,15H2. The van der Waals surface area contributed by atoms with Crippen LogP contribution in [0.3, 0.4) is 0 Å². The van der Waals surface area contributed by atoms with E-state index in [-0.39, 0.29) is 18.0 Å². The Balaban J connectivity index is 2.09. The van der Waals surface area contributed by atoms with Crippen molar-refractivity contribution in [1.82, 2.24) is 3.93 Å². The second-order valence-electron chi connectivity index (χ2n) is 4.50. The van der Waals surface area contributed by atoms with Gasteiger partial charge in [-0.1, -0.05) is 31.0 Å². The molecule has 17 heavy (non-hydrogen) atoms. The summed E-state index contributed by atoms with van der Waals surface area (Å²) in [5, 5.41) is 0. The smallest absolute Gasteiger partial charge is 0.264 e. The molecule has 1 amide bonds. The predicted molar refractivity (Wildman–Crippen MR) is 71.8 cm³/mol. The number of nitrogens with zero attached hydrogens (tertiary/aromatic N) is 1. The van der Waals surface area contributed by atoms with Gasteiger partial charge in [0.1, 0.15) is 0 Å². The average Bonchev–Trinajstić information content (AvgIpc) is 2.39. The minimum absolute atomic E-state index is 0.00653. The zero-order valence-electron chi connectivity index (χ0n) is 9.68. The molecule has 0 aromatic heterocycles. The van der Waals surface area contributed by atoms with E-state index in [0.717, 1.165) is 25.7 Å². The summed E-state index contributed by atoms with van der Waals surface area (Å²) in [5.41, 5.74) is 6.77. The summed E-state index contributed by atoms with van der Waals surface area (Å²) in [6.07, 6.45) is 4.28. The quantitative estimate of drug-likeness (QED) is 0.853. The van der Waals surface area contributed by atoms with E-state index in [0.29, 0.717) is 5.56 Å². The number of amides is 1. The Labute approximate surface area is 110 Å². The molecule has 0 radical (unpaired) electrons. The zero-order valence-corrected chi connectivity index (χ0v) is 11.3. The molecule has 0 saturated heterocycles. The van der Waals surface area contributed by atoms with Gasteiger partial charge in [0.15, 0.2) is 0 Å². The first-order valence-electron chi connectivity index (χ1n) is 6.00. The molecule has 0 spiro atoms. The minimum Gasteiger partial charge on any atom is -0.326 e. The van der Waals surface area contributed by atoms with Gasteiger partial charge in [0, 0.05) is 11.6 Å². The van der Waals surface area contributed by atoms with Crippen molar-refractivity contribution in [3.05, 3.63) is 35.9 Å². The molecule has 0 bridgehead atoms. The van der Waals surface area contributed by atoms with Crippen LogP contribution in [0, 0.1) is 0 Å². The lowest BCUT2D eigenvalue weighted by molar-refractivity contribution is 0.0810. The van der Waals surface area contributed by atoms with Crippen LogP contribution in [0.2, 0.25) is 0 Å². The molecule has 0 heterocycles. The topological polar surface area (TPSA) is 46.3 Å². The van der Waals surface area contributed by atoms with E-state index in [4.69, 9.17) is 5.73 Å². The Hall–Kier alpha value is -0.870. The Bertz CT molecular complexity index is 382. The Kier molecular flexibility index (Phi) is 4.18. The van der Waals surface area contributed by atoms with Crippen molar-refractivity contribution in [2.75, 3.05) is 0 Å². The van der Waals surface area contributed by atoms with Gasteiger partial charge in [0.2, 0.25) is 0 Å². The maximum atomic E-state index is 12.2. The zero-order chi connectivity index (χ0) is 12.3. The first-order chi connectivity index (χ1) is 8.20. The Morgan fingerprint density at radius 3 is 2.53 bits per heavy atom. The van der Waals surface area contributed by atoms with Gasteiger partial charge in [-0.25, -0.2) is 0 Å². The van der Waals surface area contributed by atoms with Crippen LogP contribution in [-0.4, -0.2) is 21.9 Å². The van der Waals surface area contributed by atoms with Crippen molar-refractivity contribution >= 4 is 22.1 Å². The highest BCUT2D eigenvalue weighted by Gasteiger charge is 2.30. The van der Waals surface area contributed by atoms with Gasteiger partial charge in [0.05, 0.1) is 22.2 Å². The van der Waals surface area contributed by atoms with Crippen molar-refractivity contribution in [2.24, 2.45) is 5.73 Å². The van der Waals surface area contributed by atoms with Crippen molar-refractivity contribution in [3.8, 4) is 0 Å². The molecule has 2 rings (SSSR count). The molecule has 1 aromatic carbocycles. The minimum atomic E-state index is -0.00653. The Morgan fingerprint density at radius 2 is 1.88 bits per heavy atom. The van der Waals surface area contributed by atoms with Gasteiger partial charge in [-0.05, 0) is 25.0 Å². The van der Waals surface area contributed by atoms with Gasteiger partial charge in [-0.3, -0.25) is 8.72 Å². The summed E-state index contributed by atoms with van der Waals surface area (Å²) < 4.78 is 1.63. The van der Waals surface area contributed by atoms with Gasteiger partial charge < -0.3 is 5.73 Å². The maximum Gasteiger partial charge on any atom is 0.264 e. The maximum absolute atomic E-state index is 12.2. The summed E-state index contributed by atoms with van der Waals surface area (Å²) in [6, 6.07) is 9.48. The second kappa shape index (κ2) is 5.65. The summed E-state index contributed by atoms with van der Waals surface area (Å²) in [4.78, 5) is 12.2. The number of hydrogen-bond donors (Lipinski definition) is 1. The van der Waals surface area contributed by atoms with E-state index in [9.17, 15) is 4.79 Å². The van der Waals surface area contributed by atoms with E-state index in [1.807, 2.05) is 30.3 Å². The molecular formula is C13H17BrN2O. The van der Waals surface area contributed by atoms with E-state index < -0.39 is 0 Å². The highest BCUT2D eigenvalue weighted by Crippen LogP contribution is 2.25. The highest BCUT2D eigenvalue weighted by molar-refractivity contribution is 9.07. The molecule has 1 aliphatic rings. The summed E-state index contributed by atoms with van der Waals surface area (Å²) in [5.74, 6) is -0.00653. The number of halogens is 1. The molecule has 3 nitrogen and oxygen atoms in total. The lowest BCUT2D eigenvalue weighted by Gasteiger charge is -2.34. The fourth-order valence-corrected chi connectivity index (χ4v) is 2.99. The molecule has 1 fully saturated rings. The largest absolute Gasteiger partial charge is 0.326 e. The van der Waals surface area contributed by atoms with E-state index in [1.54, 1.807) is 3.93 Å². The number of hydrogen-bond acceptors (Lipinski definition) is 2. The number of nitrogens with two attached hydrogens (primary N) is 1. The predicted octanol–water partition coefficient (Wildman–Crippen LogP) is 2.71. The van der Waals surface area contributed by atoms with Crippen LogP contribution in [0.1, 0.15) is 36.0 Å². The summed E-state index contributed by atoms with van der Waals surface area (Å²) in [6.45, 7) is 0. The van der Waals surface area contributed by atoms with Crippen molar-refractivity contribution in [1.29, 1.82) is 0 Å². The van der Waals surface area contributed by atoms with Crippen LogP contribution < -0.4 is 5.73 Å². The fourth-order valence-electron chi connectivity index (χ4n) is 2.28. The second-order valence-corrected chi connectivity index (χ2v) is 5.26. The Morgan fingerprint density at radius 1 is 1.24 bits per heavy atom. The SMILES string of the molecule is NC1CCCCC1N(Br)C(=O)c1ccccc1. The highest BCUT2D eigenvalue weighted by atomic mass is 79.9. The normalized spacial score (nSPS) is 24.4. The van der Waals surface area contributed by atoms with E-state index in [1.165, 1.54) is 0 Å². The first-order valence-corrected chi connectivity index (χ1v) is 6.71. The summed E-state index contributed by atoms with van der Waals surface area (Å²) >= 11 is 3.39. The van der Waals surface area contributed by atoms with Gasteiger partial charge in [-0.15, -0.1) is 0 Å². The fraction of sp³-hybridized carbons (Fsp3) is 0.462. The molecule has 2 N–H and O–H groups in total. The van der Waals surface area contributed by atoms with E-state index >= 15 is 0 Å². The van der Waals surface area contributed by atoms with Crippen LogP contribution in [0.4, 0.5) is 0 Å². The van der Waals surface area contributed by atoms with Crippen LogP contribution in [0.25, 0.3) is 0 Å². The third kappa shape index (κ3) is 2.87. The number of benzene rings is 1. The van der Waals surface area contributed by atoms with Crippen LogP contribution >= 0.6 is 16.1 Å². The molecule has 1 aliphatic carbocycles. The van der Waals surface area contributed by atoms with Crippen molar-refractivity contribution in [3.63, 3.8) is 0 Å². The molecule has 4 heteroatoms. The third-order valence-electron chi connectivity index (χ3n) is 3.29. The lowest BCUT2D eigenvalue weighted by atomic mass is 9.91. The number of carbonyl (C=O) groups is 1. The molecule has 92 valence electrons. The number of carbonyl (C=O) groups excluding carboxylic acids is 1. The molecule has 0 aliphatic heterocycles. The molecule has 2 atom stereocenters. The van der Waals surface area contributed by atoms with Crippen molar-refractivity contribution < 1.29 is 4.79 Å². The molecular weight excluding hydrogens is 280 g/mol. The van der Waals surface area contributed by atoms with Crippen LogP contribution in [-0.2, 0) is 0 Å². The third-order valence-corrected chi connectivity index (χ3v) is 4.14. The summed E-state index contributed by atoms with van der Waals surface area (Å²) in [7, 11) is 0. The molecule has 1 aromatic rings. The monoisotopic (exact) mass is 296 g/mol. The lowest BCUT2D eigenvalue weighted by Crippen LogP contribution is -2.47. The van der Waals surface area contributed by atoms with Gasteiger partial charge in [-0.2, -0.15) is 0 Å². The number of rotatable bonds is 2. The molecule has 2 unspecified atom stereocenters.